The maximum atomic E-state index is 11.9. The lowest BCUT2D eigenvalue weighted by atomic mass is 10.1. The van der Waals surface area contributed by atoms with Gasteiger partial charge in [-0.25, -0.2) is 4.79 Å². The van der Waals surface area contributed by atoms with Gasteiger partial charge in [-0.1, -0.05) is 29.8 Å². The normalized spacial score (nSPS) is 10.2. The highest BCUT2D eigenvalue weighted by Crippen LogP contribution is 2.20. The molecule has 0 saturated heterocycles. The van der Waals surface area contributed by atoms with Crippen LogP contribution in [0.2, 0.25) is 0 Å². The fourth-order valence-corrected chi connectivity index (χ4v) is 1.83. The molecular weight excluding hydrogens is 306 g/mol. The summed E-state index contributed by atoms with van der Waals surface area (Å²) in [5, 5.41) is 0. The number of halogens is 1. The Balaban J connectivity index is 2.01. The topological polar surface area (TPSA) is 52.3 Å². The monoisotopic (exact) mass is 319 g/mol. The summed E-state index contributed by atoms with van der Waals surface area (Å²) in [7, 11) is 0. The molecule has 0 aliphatic rings. The quantitative estimate of drug-likeness (QED) is 0.693. The van der Waals surface area contributed by atoms with Crippen LogP contribution in [0.25, 0.3) is 0 Å². The summed E-state index contributed by atoms with van der Waals surface area (Å²) in [4.78, 5) is 11.9. The Morgan fingerprint density at radius 3 is 2.53 bits per heavy atom. The first kappa shape index (κ1) is 13.6. The third-order valence-electron chi connectivity index (χ3n) is 2.72. The molecule has 0 aliphatic carbocycles. The van der Waals surface area contributed by atoms with Gasteiger partial charge in [0.25, 0.3) is 0 Å². The molecule has 0 amide bonds. The molecule has 0 aromatic heterocycles. The molecule has 2 aromatic carbocycles. The number of carbonyl (C=O) groups excluding carboxylic acids is 1. The number of nitrogens with two attached hydrogens (primary N) is 1. The van der Waals surface area contributed by atoms with Crippen LogP contribution >= 0.6 is 15.9 Å². The summed E-state index contributed by atoms with van der Waals surface area (Å²) < 4.78 is 6.01. The van der Waals surface area contributed by atoms with E-state index in [1.165, 1.54) is 5.56 Å². The molecule has 0 radical (unpaired) electrons. The van der Waals surface area contributed by atoms with Gasteiger partial charge in [-0.05, 0) is 46.6 Å². The standard InChI is InChI=1S/C15H14BrNO2/c1-10-2-4-11(5-3-10)9-19-15(18)12-6-7-13(16)14(17)8-12/h2-8H,9,17H2,1H3. The number of benzene rings is 2. The lowest BCUT2D eigenvalue weighted by Crippen LogP contribution is -2.06. The molecule has 0 fully saturated rings. The van der Waals surface area contributed by atoms with Crippen molar-refractivity contribution >= 4 is 27.6 Å². The second kappa shape index (κ2) is 5.89. The van der Waals surface area contributed by atoms with Crippen molar-refractivity contribution in [3.05, 3.63) is 63.6 Å². The highest BCUT2D eigenvalue weighted by molar-refractivity contribution is 9.10. The number of hydrogen-bond donors (Lipinski definition) is 1. The van der Waals surface area contributed by atoms with Crippen molar-refractivity contribution < 1.29 is 9.53 Å². The Morgan fingerprint density at radius 2 is 1.89 bits per heavy atom. The van der Waals surface area contributed by atoms with Crippen LogP contribution in [0, 0.1) is 6.92 Å². The van der Waals surface area contributed by atoms with Crippen molar-refractivity contribution in [2.75, 3.05) is 5.73 Å². The Bertz CT molecular complexity index is 594. The molecule has 0 heterocycles. The van der Waals surface area contributed by atoms with Gasteiger partial charge in [0.15, 0.2) is 0 Å². The summed E-state index contributed by atoms with van der Waals surface area (Å²) in [5.41, 5.74) is 8.84. The fourth-order valence-electron chi connectivity index (χ4n) is 1.59. The predicted molar refractivity (Wildman–Crippen MR) is 78.9 cm³/mol. The van der Waals surface area contributed by atoms with Gasteiger partial charge < -0.3 is 10.5 Å². The van der Waals surface area contributed by atoms with E-state index in [-0.39, 0.29) is 12.6 Å². The second-order valence-corrected chi connectivity index (χ2v) is 5.15. The molecular formula is C15H14BrNO2. The smallest absolute Gasteiger partial charge is 0.338 e. The average molecular weight is 320 g/mol. The molecule has 2 rings (SSSR count). The molecule has 0 saturated carbocycles. The lowest BCUT2D eigenvalue weighted by Gasteiger charge is -2.06. The van der Waals surface area contributed by atoms with Gasteiger partial charge in [0.05, 0.1) is 5.56 Å². The van der Waals surface area contributed by atoms with Gasteiger partial charge in [-0.2, -0.15) is 0 Å². The highest BCUT2D eigenvalue weighted by Gasteiger charge is 2.09. The van der Waals surface area contributed by atoms with Crippen LogP contribution in [0.3, 0.4) is 0 Å². The first-order valence-electron chi connectivity index (χ1n) is 5.84. The summed E-state index contributed by atoms with van der Waals surface area (Å²) in [6.07, 6.45) is 0. The average Bonchev–Trinajstić information content (AvgIpc) is 2.41. The zero-order chi connectivity index (χ0) is 13.8. The molecule has 0 unspecified atom stereocenters. The van der Waals surface area contributed by atoms with E-state index in [1.807, 2.05) is 31.2 Å². The third-order valence-corrected chi connectivity index (χ3v) is 3.44. The van der Waals surface area contributed by atoms with Crippen LogP contribution in [-0.4, -0.2) is 5.97 Å². The molecule has 0 bridgehead atoms. The zero-order valence-corrected chi connectivity index (χ0v) is 12.1. The highest BCUT2D eigenvalue weighted by atomic mass is 79.9. The molecule has 0 atom stereocenters. The minimum absolute atomic E-state index is 0.259. The number of rotatable bonds is 3. The summed E-state index contributed by atoms with van der Waals surface area (Å²) in [6.45, 7) is 2.27. The number of esters is 1. The maximum absolute atomic E-state index is 11.9. The number of carbonyl (C=O) groups is 1. The zero-order valence-electron chi connectivity index (χ0n) is 10.5. The van der Waals surface area contributed by atoms with E-state index in [9.17, 15) is 4.79 Å². The number of hydrogen-bond acceptors (Lipinski definition) is 3. The van der Waals surface area contributed by atoms with Gasteiger partial charge in [-0.3, -0.25) is 0 Å². The minimum atomic E-state index is -0.375. The Kier molecular flexibility index (Phi) is 4.22. The van der Waals surface area contributed by atoms with E-state index < -0.39 is 0 Å². The summed E-state index contributed by atoms with van der Waals surface area (Å²) >= 11 is 3.28. The Hall–Kier alpha value is -1.81. The van der Waals surface area contributed by atoms with Crippen LogP contribution in [0.15, 0.2) is 46.9 Å². The molecule has 98 valence electrons. The van der Waals surface area contributed by atoms with Crippen LogP contribution in [0.5, 0.6) is 0 Å². The van der Waals surface area contributed by atoms with E-state index in [2.05, 4.69) is 15.9 Å². The van der Waals surface area contributed by atoms with E-state index in [1.54, 1.807) is 18.2 Å². The van der Waals surface area contributed by atoms with Crippen LogP contribution in [0.4, 0.5) is 5.69 Å². The lowest BCUT2D eigenvalue weighted by molar-refractivity contribution is 0.0473. The van der Waals surface area contributed by atoms with Crippen molar-refractivity contribution in [3.8, 4) is 0 Å². The van der Waals surface area contributed by atoms with E-state index >= 15 is 0 Å². The van der Waals surface area contributed by atoms with Crippen LogP contribution in [0.1, 0.15) is 21.5 Å². The summed E-state index contributed by atoms with van der Waals surface area (Å²) in [6, 6.07) is 12.9. The molecule has 0 spiro atoms. The minimum Gasteiger partial charge on any atom is -0.457 e. The summed E-state index contributed by atoms with van der Waals surface area (Å²) in [5.74, 6) is -0.375. The second-order valence-electron chi connectivity index (χ2n) is 4.30. The fraction of sp³-hybridized carbons (Fsp3) is 0.133. The Labute approximate surface area is 120 Å². The van der Waals surface area contributed by atoms with Gasteiger partial charge in [0, 0.05) is 10.2 Å². The molecule has 4 heteroatoms. The van der Waals surface area contributed by atoms with E-state index in [4.69, 9.17) is 10.5 Å². The van der Waals surface area contributed by atoms with Crippen LogP contribution < -0.4 is 5.73 Å². The van der Waals surface area contributed by atoms with Crippen molar-refractivity contribution in [1.29, 1.82) is 0 Å². The van der Waals surface area contributed by atoms with Crippen molar-refractivity contribution in [2.24, 2.45) is 0 Å². The van der Waals surface area contributed by atoms with Crippen molar-refractivity contribution in [2.45, 2.75) is 13.5 Å². The van der Waals surface area contributed by atoms with Crippen molar-refractivity contribution in [3.63, 3.8) is 0 Å². The first-order chi connectivity index (χ1) is 9.06. The van der Waals surface area contributed by atoms with Crippen LogP contribution in [-0.2, 0) is 11.3 Å². The van der Waals surface area contributed by atoms with Crippen molar-refractivity contribution in [1.82, 2.24) is 0 Å². The molecule has 19 heavy (non-hydrogen) atoms. The predicted octanol–water partition coefficient (Wildman–Crippen LogP) is 3.70. The van der Waals surface area contributed by atoms with E-state index in [0.29, 0.717) is 11.3 Å². The number of anilines is 1. The molecule has 2 N–H and O–H groups in total. The maximum Gasteiger partial charge on any atom is 0.338 e. The van der Waals surface area contributed by atoms with Gasteiger partial charge >= 0.3 is 5.97 Å². The van der Waals surface area contributed by atoms with Gasteiger partial charge in [-0.15, -0.1) is 0 Å². The molecule has 0 aliphatic heterocycles. The number of nitrogen functional groups attached to an aromatic ring is 1. The number of ether oxygens (including phenoxy) is 1. The van der Waals surface area contributed by atoms with Gasteiger partial charge in [0.2, 0.25) is 0 Å². The largest absolute Gasteiger partial charge is 0.457 e. The SMILES string of the molecule is Cc1ccc(COC(=O)c2ccc(Br)c(N)c2)cc1. The molecule has 2 aromatic rings. The molecule has 3 nitrogen and oxygen atoms in total. The van der Waals surface area contributed by atoms with Gasteiger partial charge in [0.1, 0.15) is 6.61 Å². The third kappa shape index (κ3) is 3.58. The number of aryl methyl sites for hydroxylation is 1. The van der Waals surface area contributed by atoms with E-state index in [0.717, 1.165) is 10.0 Å². The Morgan fingerprint density at radius 1 is 1.21 bits per heavy atom. The first-order valence-corrected chi connectivity index (χ1v) is 6.63.